The average molecular weight is 117 g/mol. The zero-order chi connectivity index (χ0) is 5.54. The van der Waals surface area contributed by atoms with Crippen LogP contribution in [0.5, 0.6) is 0 Å². The molecule has 0 aliphatic heterocycles. The molecule has 8 heavy (non-hydrogen) atoms. The summed E-state index contributed by atoms with van der Waals surface area (Å²) in [5.41, 5.74) is 0. The fourth-order valence-corrected chi connectivity index (χ4v) is 0.285. The Morgan fingerprint density at radius 2 is 1.38 bits per heavy atom. The summed E-state index contributed by atoms with van der Waals surface area (Å²) in [6.07, 6.45) is 3.37. The molecule has 0 saturated heterocycles. The van der Waals surface area contributed by atoms with Crippen molar-refractivity contribution in [2.45, 2.75) is 19.3 Å². The van der Waals surface area contributed by atoms with E-state index in [0.717, 1.165) is 12.6 Å². The van der Waals surface area contributed by atoms with Crippen LogP contribution in [-0.4, -0.2) is 12.6 Å². The Balaban J connectivity index is 0. The highest BCUT2D eigenvalue weighted by atomic mass is 16.1. The molecule has 0 aromatic heterocycles. The van der Waals surface area contributed by atoms with Crippen molar-refractivity contribution in [3.63, 3.8) is 0 Å². The monoisotopic (exact) mass is 117 g/mol. The highest BCUT2D eigenvalue weighted by Crippen LogP contribution is 1.85. The molecular formula is C5H11NO2. The normalized spacial score (nSPS) is 7.00. The molecule has 0 aliphatic carbocycles. The quantitative estimate of drug-likeness (QED) is 0.435. The number of unbranched alkanes of at least 4 members (excludes halogenated alkanes) is 2. The van der Waals surface area contributed by atoms with Gasteiger partial charge in [0.2, 0.25) is 0 Å². The summed E-state index contributed by atoms with van der Waals surface area (Å²) in [4.78, 5) is 19.1. The predicted molar refractivity (Wildman–Crippen MR) is 31.0 cm³/mol. The van der Waals surface area contributed by atoms with E-state index >= 15 is 0 Å². The van der Waals surface area contributed by atoms with Crippen LogP contribution < -0.4 is 6.15 Å². The molecule has 0 unspecified atom stereocenters. The summed E-state index contributed by atoms with van der Waals surface area (Å²) < 4.78 is 0. The Bertz CT molecular complexity index is 55.4. The zero-order valence-corrected chi connectivity index (χ0v) is 4.80. The van der Waals surface area contributed by atoms with Crippen molar-refractivity contribution in [3.05, 3.63) is 0 Å². The SMILES string of the molecule is N.O=CCCCC=O. The summed E-state index contributed by atoms with van der Waals surface area (Å²) in [6, 6.07) is 0. The van der Waals surface area contributed by atoms with Crippen LogP contribution in [0.25, 0.3) is 0 Å². The second kappa shape index (κ2) is 9.57. The van der Waals surface area contributed by atoms with Crippen LogP contribution in [0.3, 0.4) is 0 Å². The third-order valence-corrected chi connectivity index (χ3v) is 0.644. The van der Waals surface area contributed by atoms with Crippen LogP contribution in [0.4, 0.5) is 0 Å². The topological polar surface area (TPSA) is 69.1 Å². The van der Waals surface area contributed by atoms with E-state index in [1.54, 1.807) is 0 Å². The van der Waals surface area contributed by atoms with E-state index in [4.69, 9.17) is 0 Å². The molecular weight excluding hydrogens is 106 g/mol. The molecule has 0 fully saturated rings. The fourth-order valence-electron chi connectivity index (χ4n) is 0.285. The fraction of sp³-hybridized carbons (Fsp3) is 0.600. The number of hydrogen-bond acceptors (Lipinski definition) is 3. The first-order valence-corrected chi connectivity index (χ1v) is 2.29. The molecule has 3 heteroatoms. The Morgan fingerprint density at radius 1 is 1.00 bits per heavy atom. The van der Waals surface area contributed by atoms with Gasteiger partial charge in [0.15, 0.2) is 0 Å². The molecule has 0 amide bonds. The summed E-state index contributed by atoms with van der Waals surface area (Å²) in [7, 11) is 0. The van der Waals surface area contributed by atoms with Crippen molar-refractivity contribution < 1.29 is 9.59 Å². The molecule has 0 spiro atoms. The molecule has 0 radical (unpaired) electrons. The van der Waals surface area contributed by atoms with Crippen molar-refractivity contribution in [2.75, 3.05) is 0 Å². The van der Waals surface area contributed by atoms with Crippen LogP contribution in [0.1, 0.15) is 19.3 Å². The van der Waals surface area contributed by atoms with Gasteiger partial charge >= 0.3 is 0 Å². The van der Waals surface area contributed by atoms with E-state index in [0.29, 0.717) is 19.3 Å². The van der Waals surface area contributed by atoms with Gasteiger partial charge in [0.1, 0.15) is 12.6 Å². The molecule has 0 bridgehead atoms. The van der Waals surface area contributed by atoms with Gasteiger partial charge in [-0.1, -0.05) is 0 Å². The van der Waals surface area contributed by atoms with Crippen molar-refractivity contribution in [1.29, 1.82) is 0 Å². The van der Waals surface area contributed by atoms with Crippen molar-refractivity contribution in [1.82, 2.24) is 6.15 Å². The highest BCUT2D eigenvalue weighted by molar-refractivity contribution is 5.52. The van der Waals surface area contributed by atoms with E-state index in [9.17, 15) is 9.59 Å². The van der Waals surface area contributed by atoms with Crippen molar-refractivity contribution in [2.24, 2.45) is 0 Å². The minimum Gasteiger partial charge on any atom is -0.344 e. The molecule has 0 saturated carbocycles. The van der Waals surface area contributed by atoms with Crippen molar-refractivity contribution >= 4 is 12.6 Å². The zero-order valence-electron chi connectivity index (χ0n) is 4.80. The molecule has 0 aromatic rings. The van der Waals surface area contributed by atoms with Crippen LogP contribution in [0.2, 0.25) is 0 Å². The van der Waals surface area contributed by atoms with Crippen LogP contribution in [-0.2, 0) is 9.59 Å². The van der Waals surface area contributed by atoms with E-state index in [-0.39, 0.29) is 6.15 Å². The lowest BCUT2D eigenvalue weighted by Gasteiger charge is -1.78. The second-order valence-electron chi connectivity index (χ2n) is 1.26. The van der Waals surface area contributed by atoms with E-state index < -0.39 is 0 Å². The number of carbonyl (C=O) groups is 2. The van der Waals surface area contributed by atoms with E-state index in [2.05, 4.69) is 0 Å². The largest absolute Gasteiger partial charge is 0.344 e. The third kappa shape index (κ3) is 9.00. The molecule has 3 nitrogen and oxygen atoms in total. The van der Waals surface area contributed by atoms with Crippen LogP contribution in [0, 0.1) is 0 Å². The highest BCUT2D eigenvalue weighted by Gasteiger charge is 1.80. The average Bonchev–Trinajstić information content (AvgIpc) is 1.69. The molecule has 0 atom stereocenters. The molecule has 0 rings (SSSR count). The van der Waals surface area contributed by atoms with Gasteiger partial charge in [-0.2, -0.15) is 0 Å². The first-order chi connectivity index (χ1) is 3.41. The maximum atomic E-state index is 9.56. The van der Waals surface area contributed by atoms with Gasteiger partial charge in [-0.3, -0.25) is 0 Å². The van der Waals surface area contributed by atoms with Gasteiger partial charge in [0.05, 0.1) is 0 Å². The van der Waals surface area contributed by atoms with Crippen LogP contribution in [0.15, 0.2) is 0 Å². The van der Waals surface area contributed by atoms with Gasteiger partial charge in [0.25, 0.3) is 0 Å². The van der Waals surface area contributed by atoms with Crippen LogP contribution >= 0.6 is 0 Å². The van der Waals surface area contributed by atoms with Gasteiger partial charge in [-0.25, -0.2) is 0 Å². The van der Waals surface area contributed by atoms with Gasteiger partial charge in [0, 0.05) is 12.8 Å². The molecule has 48 valence electrons. The first kappa shape index (κ1) is 10.3. The predicted octanol–water partition coefficient (Wildman–Crippen LogP) is 0.717. The summed E-state index contributed by atoms with van der Waals surface area (Å²) >= 11 is 0. The van der Waals surface area contributed by atoms with Gasteiger partial charge in [-0.15, -0.1) is 0 Å². The molecule has 0 aliphatic rings. The molecule has 0 heterocycles. The Kier molecular flexibility index (Phi) is 12.3. The lowest BCUT2D eigenvalue weighted by molar-refractivity contribution is -0.108. The summed E-state index contributed by atoms with van der Waals surface area (Å²) in [6.45, 7) is 0. The minimum atomic E-state index is 0. The number of carbonyl (C=O) groups excluding carboxylic acids is 2. The first-order valence-electron chi connectivity index (χ1n) is 2.29. The standard InChI is InChI=1S/C5H8O2.H3N/c6-4-2-1-3-5-7;/h4-5H,1-3H2;1H3. The number of hydrogen-bond donors (Lipinski definition) is 1. The number of aldehydes is 2. The van der Waals surface area contributed by atoms with E-state index in [1.807, 2.05) is 0 Å². The molecule has 0 aromatic carbocycles. The van der Waals surface area contributed by atoms with Gasteiger partial charge < -0.3 is 15.7 Å². The molecule has 3 N–H and O–H groups in total. The minimum absolute atomic E-state index is 0. The van der Waals surface area contributed by atoms with Gasteiger partial charge in [-0.05, 0) is 6.42 Å². The summed E-state index contributed by atoms with van der Waals surface area (Å²) in [5, 5.41) is 0. The lowest BCUT2D eigenvalue weighted by atomic mass is 10.3. The lowest BCUT2D eigenvalue weighted by Crippen LogP contribution is -1.76. The Labute approximate surface area is 48.7 Å². The smallest absolute Gasteiger partial charge is 0.120 e. The van der Waals surface area contributed by atoms with Crippen molar-refractivity contribution in [3.8, 4) is 0 Å². The third-order valence-electron chi connectivity index (χ3n) is 0.644. The Morgan fingerprint density at radius 3 is 1.62 bits per heavy atom. The van der Waals surface area contributed by atoms with E-state index in [1.165, 1.54) is 0 Å². The second-order valence-corrected chi connectivity index (χ2v) is 1.26. The maximum Gasteiger partial charge on any atom is 0.120 e. The Hall–Kier alpha value is -0.700. The maximum absolute atomic E-state index is 9.56. The number of rotatable bonds is 4. The summed E-state index contributed by atoms with van der Waals surface area (Å²) in [5.74, 6) is 0.